The molecule has 0 aliphatic carbocycles. The van der Waals surface area contributed by atoms with E-state index in [0.29, 0.717) is 11.8 Å². The van der Waals surface area contributed by atoms with Gasteiger partial charge in [-0.15, -0.1) is 0 Å². The molecule has 4 heteroatoms. The van der Waals surface area contributed by atoms with E-state index in [2.05, 4.69) is 59.0 Å². The highest BCUT2D eigenvalue weighted by molar-refractivity contribution is 5.94. The van der Waals surface area contributed by atoms with Crippen LogP contribution in [0.4, 0.5) is 5.69 Å². The van der Waals surface area contributed by atoms with E-state index in [1.54, 1.807) is 6.92 Å². The van der Waals surface area contributed by atoms with Crippen molar-refractivity contribution in [2.24, 2.45) is 5.92 Å². The van der Waals surface area contributed by atoms with Crippen molar-refractivity contribution in [3.05, 3.63) is 72.1 Å². The highest BCUT2D eigenvalue weighted by Gasteiger charge is 2.20. The van der Waals surface area contributed by atoms with Crippen molar-refractivity contribution >= 4 is 11.5 Å². The fraction of sp³-hybridized carbons (Fsp3) is 0.429. The van der Waals surface area contributed by atoms with Crippen molar-refractivity contribution in [3.63, 3.8) is 0 Å². The van der Waals surface area contributed by atoms with Gasteiger partial charge in [0.1, 0.15) is 0 Å². The second-order valence-corrected chi connectivity index (χ2v) is 8.76. The molecule has 32 heavy (non-hydrogen) atoms. The summed E-state index contributed by atoms with van der Waals surface area (Å²) in [5, 5.41) is 4.55. The summed E-state index contributed by atoms with van der Waals surface area (Å²) < 4.78 is 2.13. The van der Waals surface area contributed by atoms with E-state index in [0.717, 1.165) is 30.8 Å². The van der Waals surface area contributed by atoms with Crippen LogP contribution < -0.4 is 4.90 Å². The van der Waals surface area contributed by atoms with Crippen molar-refractivity contribution in [2.45, 2.75) is 59.9 Å². The lowest BCUT2D eigenvalue weighted by Crippen LogP contribution is -2.35. The second kappa shape index (κ2) is 11.1. The van der Waals surface area contributed by atoms with Gasteiger partial charge >= 0.3 is 0 Å². The zero-order valence-electron chi connectivity index (χ0n) is 20.2. The van der Waals surface area contributed by atoms with Gasteiger partial charge in [-0.05, 0) is 60.4 Å². The molecule has 1 fully saturated rings. The van der Waals surface area contributed by atoms with Gasteiger partial charge in [0.15, 0.2) is 5.78 Å². The maximum absolute atomic E-state index is 11.5. The number of carbonyl (C=O) groups excluding carboxylic acids is 1. The lowest BCUT2D eigenvalue weighted by molar-refractivity contribution is 0.101. The van der Waals surface area contributed by atoms with Crippen LogP contribution in [-0.4, -0.2) is 28.7 Å². The van der Waals surface area contributed by atoms with E-state index in [9.17, 15) is 4.79 Å². The second-order valence-electron chi connectivity index (χ2n) is 8.76. The van der Waals surface area contributed by atoms with E-state index in [4.69, 9.17) is 0 Å². The first-order valence-electron chi connectivity index (χ1n) is 12.0. The van der Waals surface area contributed by atoms with Crippen LogP contribution in [-0.2, 0) is 6.54 Å². The summed E-state index contributed by atoms with van der Waals surface area (Å²) in [5.41, 5.74) is 5.70. The van der Waals surface area contributed by atoms with Gasteiger partial charge in [0.2, 0.25) is 0 Å². The first-order chi connectivity index (χ1) is 15.5. The Hall–Kier alpha value is -2.88. The molecular weight excluding hydrogens is 394 g/mol. The summed E-state index contributed by atoms with van der Waals surface area (Å²) in [6, 6.07) is 16.7. The highest BCUT2D eigenvalue weighted by atomic mass is 16.1. The van der Waals surface area contributed by atoms with Gasteiger partial charge < -0.3 is 4.90 Å². The minimum absolute atomic E-state index is 0.105. The molecule has 1 aromatic heterocycles. The lowest BCUT2D eigenvalue weighted by Gasteiger charge is -2.33. The SMILES string of the molecule is CC.CC(=O)c1ccc(-c2ccc(N3CCC(Cn4cc(C(C)C)cn4)CC3)cc2)cc1. The third kappa shape index (κ3) is 5.87. The molecule has 1 saturated heterocycles. The molecule has 0 amide bonds. The number of rotatable bonds is 6. The average molecular weight is 432 g/mol. The topological polar surface area (TPSA) is 38.1 Å². The van der Waals surface area contributed by atoms with Crippen LogP contribution in [0.25, 0.3) is 11.1 Å². The molecule has 0 radical (unpaired) electrons. The number of benzene rings is 2. The number of piperidine rings is 1. The minimum atomic E-state index is 0.105. The Kier molecular flexibility index (Phi) is 8.26. The Morgan fingerprint density at radius 1 is 0.969 bits per heavy atom. The van der Waals surface area contributed by atoms with Crippen LogP contribution in [0.1, 0.15) is 69.3 Å². The summed E-state index contributed by atoms with van der Waals surface area (Å²) in [6.45, 7) is 13.2. The van der Waals surface area contributed by atoms with Gasteiger partial charge in [-0.25, -0.2) is 0 Å². The van der Waals surface area contributed by atoms with Gasteiger partial charge in [-0.2, -0.15) is 5.10 Å². The molecule has 4 rings (SSSR count). The zero-order chi connectivity index (χ0) is 23.1. The Morgan fingerprint density at radius 2 is 1.53 bits per heavy atom. The highest BCUT2D eigenvalue weighted by Crippen LogP contribution is 2.28. The average Bonchev–Trinajstić information content (AvgIpc) is 3.30. The van der Waals surface area contributed by atoms with E-state index in [1.165, 1.54) is 29.7 Å². The Balaban J connectivity index is 0.00000141. The monoisotopic (exact) mass is 431 g/mol. The number of carbonyl (C=O) groups is 1. The van der Waals surface area contributed by atoms with Crippen LogP contribution in [0, 0.1) is 5.92 Å². The first-order valence-corrected chi connectivity index (χ1v) is 12.0. The minimum Gasteiger partial charge on any atom is -0.372 e. The molecule has 0 atom stereocenters. The first kappa shape index (κ1) is 23.8. The number of anilines is 1. The third-order valence-corrected chi connectivity index (χ3v) is 6.24. The molecule has 0 bridgehead atoms. The maximum atomic E-state index is 11.5. The number of nitrogens with zero attached hydrogens (tertiary/aromatic N) is 3. The van der Waals surface area contributed by atoms with Gasteiger partial charge in [-0.3, -0.25) is 9.48 Å². The smallest absolute Gasteiger partial charge is 0.159 e. The van der Waals surface area contributed by atoms with Crippen LogP contribution in [0.3, 0.4) is 0 Å². The standard InChI is InChI=1S/C26H31N3O.C2H6/c1-19(2)25-16-27-29(18-25)17-21-12-14-28(15-13-21)26-10-8-24(9-11-26)23-6-4-22(5-7-23)20(3)30;1-2/h4-11,16,18-19,21H,12-15,17H2,1-3H3;1-2H3. The number of aromatic nitrogens is 2. The van der Waals surface area contributed by atoms with E-state index in [-0.39, 0.29) is 5.78 Å². The van der Waals surface area contributed by atoms with Gasteiger partial charge in [0, 0.05) is 37.1 Å². The molecule has 2 heterocycles. The molecule has 0 unspecified atom stereocenters. The molecule has 3 aromatic rings. The summed E-state index contributed by atoms with van der Waals surface area (Å²) in [4.78, 5) is 13.9. The Morgan fingerprint density at radius 3 is 2.03 bits per heavy atom. The van der Waals surface area contributed by atoms with Crippen LogP contribution >= 0.6 is 0 Å². The third-order valence-electron chi connectivity index (χ3n) is 6.24. The molecule has 1 aliphatic rings. The van der Waals surface area contributed by atoms with Crippen LogP contribution in [0.5, 0.6) is 0 Å². The summed E-state index contributed by atoms with van der Waals surface area (Å²) >= 11 is 0. The molecule has 170 valence electrons. The van der Waals surface area contributed by atoms with Crippen LogP contribution in [0.2, 0.25) is 0 Å². The van der Waals surface area contributed by atoms with Crippen LogP contribution in [0.15, 0.2) is 60.9 Å². The lowest BCUT2D eigenvalue weighted by atomic mass is 9.96. The van der Waals surface area contributed by atoms with Gasteiger partial charge in [0.05, 0.1) is 6.20 Å². The van der Waals surface area contributed by atoms with Gasteiger partial charge in [0.25, 0.3) is 0 Å². The van der Waals surface area contributed by atoms with E-state index < -0.39 is 0 Å². The Labute approximate surface area is 193 Å². The normalized spacial score (nSPS) is 14.2. The fourth-order valence-corrected chi connectivity index (χ4v) is 4.18. The number of hydrogen-bond donors (Lipinski definition) is 0. The predicted molar refractivity (Wildman–Crippen MR) is 134 cm³/mol. The summed E-state index contributed by atoms with van der Waals surface area (Å²) in [5.74, 6) is 1.34. The zero-order valence-corrected chi connectivity index (χ0v) is 20.2. The molecular formula is C28H37N3O. The quantitative estimate of drug-likeness (QED) is 0.402. The van der Waals surface area contributed by atoms with Crippen molar-refractivity contribution in [2.75, 3.05) is 18.0 Å². The molecule has 4 nitrogen and oxygen atoms in total. The molecule has 2 aromatic carbocycles. The van der Waals surface area contributed by atoms with E-state index in [1.807, 2.05) is 44.3 Å². The molecule has 0 saturated carbocycles. The molecule has 0 spiro atoms. The van der Waals surface area contributed by atoms with Crippen molar-refractivity contribution in [1.82, 2.24) is 9.78 Å². The Bertz CT molecular complexity index is 978. The number of hydrogen-bond acceptors (Lipinski definition) is 3. The van der Waals surface area contributed by atoms with E-state index >= 15 is 0 Å². The largest absolute Gasteiger partial charge is 0.372 e. The predicted octanol–water partition coefficient (Wildman–Crippen LogP) is 6.82. The van der Waals surface area contributed by atoms with Crippen molar-refractivity contribution < 1.29 is 4.79 Å². The summed E-state index contributed by atoms with van der Waals surface area (Å²) in [7, 11) is 0. The van der Waals surface area contributed by atoms with Gasteiger partial charge in [-0.1, -0.05) is 64.1 Å². The number of ketones is 1. The number of Topliss-reactive ketones (excluding diaryl/α,β-unsaturated/α-hetero) is 1. The van der Waals surface area contributed by atoms with Crippen molar-refractivity contribution in [1.29, 1.82) is 0 Å². The van der Waals surface area contributed by atoms with Crippen molar-refractivity contribution in [3.8, 4) is 11.1 Å². The fourth-order valence-electron chi connectivity index (χ4n) is 4.18. The molecule has 1 aliphatic heterocycles. The molecule has 0 N–H and O–H groups in total. The summed E-state index contributed by atoms with van der Waals surface area (Å²) in [6.07, 6.45) is 6.62. The maximum Gasteiger partial charge on any atom is 0.159 e.